The summed E-state index contributed by atoms with van der Waals surface area (Å²) in [6, 6.07) is 85.3. The van der Waals surface area contributed by atoms with Gasteiger partial charge in [0.2, 0.25) is 0 Å². The predicted octanol–water partition coefficient (Wildman–Crippen LogP) is 16.9. The second kappa shape index (κ2) is 14.4. The van der Waals surface area contributed by atoms with Crippen molar-refractivity contribution in [3.63, 3.8) is 0 Å². The summed E-state index contributed by atoms with van der Waals surface area (Å²) in [4.78, 5) is 0. The first-order chi connectivity index (χ1) is 32.0. The minimum Gasteiger partial charge on any atom is -0.309 e. The van der Waals surface area contributed by atoms with Gasteiger partial charge in [-0.2, -0.15) is 0 Å². The van der Waals surface area contributed by atoms with E-state index in [0.29, 0.717) is 0 Å². The lowest BCUT2D eigenvalue weighted by atomic mass is 9.82. The van der Waals surface area contributed by atoms with Crippen molar-refractivity contribution < 1.29 is 0 Å². The Labute approximate surface area is 378 Å². The van der Waals surface area contributed by atoms with Crippen molar-refractivity contribution in [2.45, 2.75) is 19.3 Å². The van der Waals surface area contributed by atoms with Crippen LogP contribution in [0.4, 0.5) is 0 Å². The van der Waals surface area contributed by atoms with Crippen LogP contribution in [-0.4, -0.2) is 9.13 Å². The maximum Gasteiger partial charge on any atom is 0.0547 e. The van der Waals surface area contributed by atoms with Gasteiger partial charge >= 0.3 is 0 Å². The molecule has 2 aromatic heterocycles. The molecule has 0 atom stereocenters. The average molecular weight is 829 g/mol. The number of nitrogens with zero attached hydrogens (tertiary/aromatic N) is 2. The van der Waals surface area contributed by atoms with Crippen LogP contribution in [-0.2, 0) is 5.41 Å². The number of hydrogen-bond acceptors (Lipinski definition) is 0. The summed E-state index contributed by atoms with van der Waals surface area (Å²) in [5, 5.41) is 5.01. The highest BCUT2D eigenvalue weighted by molar-refractivity contribution is 6.11. The fraction of sp³-hybridized carbons (Fsp3) is 0.0476. The van der Waals surface area contributed by atoms with E-state index in [0.717, 1.165) is 5.69 Å². The number of fused-ring (bicyclic) bond motifs is 9. The summed E-state index contributed by atoms with van der Waals surface area (Å²) in [6.07, 6.45) is 0. The van der Waals surface area contributed by atoms with Crippen molar-refractivity contribution in [1.29, 1.82) is 0 Å². The Kier molecular flexibility index (Phi) is 8.29. The molecular weight excluding hydrogens is 785 g/mol. The van der Waals surface area contributed by atoms with Crippen LogP contribution in [0.15, 0.2) is 231 Å². The SMILES string of the molecule is CC1(C)c2ccccc2-c2ccc(-n3c4ccccc4c4ccc(-c5cc(-c6ccc(-c7ccccc7)cc6)cc(-c6ccc7c8ccccc8n(-c8ccccc8)c7c6)c5)cc43)cc21. The van der Waals surface area contributed by atoms with E-state index in [9.17, 15) is 0 Å². The first kappa shape index (κ1) is 37.4. The molecule has 0 amide bonds. The standard InChI is InChI=1S/C63H44N2/c1-63(2)57-22-12-9-19-51(57)52-34-31-50(40-58(52)63)65-60-24-14-11-21-54(60)56-33-30-45(39-62(56)65)48-36-46(43-27-25-42(26-28-43)41-15-5-3-6-16-41)35-47(37-48)44-29-32-55-53-20-10-13-23-59(53)64(61(55)38-44)49-17-7-4-8-18-49/h3-40H,1-2H3. The van der Waals surface area contributed by atoms with E-state index in [4.69, 9.17) is 0 Å². The molecule has 0 bridgehead atoms. The molecule has 0 saturated carbocycles. The van der Waals surface area contributed by atoms with Gasteiger partial charge in [0.05, 0.1) is 22.1 Å². The predicted molar refractivity (Wildman–Crippen MR) is 274 cm³/mol. The monoisotopic (exact) mass is 828 g/mol. The third-order valence-corrected chi connectivity index (χ3v) is 14.1. The number of para-hydroxylation sites is 3. The molecule has 0 saturated heterocycles. The maximum atomic E-state index is 2.48. The number of rotatable bonds is 6. The van der Waals surface area contributed by atoms with Gasteiger partial charge in [-0.15, -0.1) is 0 Å². The highest BCUT2D eigenvalue weighted by atomic mass is 15.0. The van der Waals surface area contributed by atoms with Crippen LogP contribution in [0.5, 0.6) is 0 Å². The molecule has 1 aliphatic carbocycles. The molecule has 12 aromatic rings. The van der Waals surface area contributed by atoms with Crippen LogP contribution in [0, 0.1) is 0 Å². The van der Waals surface area contributed by atoms with Gasteiger partial charge < -0.3 is 9.13 Å². The second-order valence-electron chi connectivity index (χ2n) is 18.1. The zero-order valence-corrected chi connectivity index (χ0v) is 36.3. The van der Waals surface area contributed by atoms with Crippen molar-refractivity contribution in [3.05, 3.63) is 242 Å². The summed E-state index contributed by atoms with van der Waals surface area (Å²) in [5.41, 5.74) is 22.0. The van der Waals surface area contributed by atoms with Gasteiger partial charge in [0.1, 0.15) is 0 Å². The highest BCUT2D eigenvalue weighted by Crippen LogP contribution is 2.50. The Morgan fingerprint density at radius 2 is 0.692 bits per heavy atom. The second-order valence-corrected chi connectivity index (χ2v) is 18.1. The Morgan fingerprint density at radius 3 is 1.31 bits per heavy atom. The van der Waals surface area contributed by atoms with Crippen LogP contribution >= 0.6 is 0 Å². The van der Waals surface area contributed by atoms with Crippen LogP contribution in [0.25, 0.3) is 111 Å². The Hall–Kier alpha value is -8.20. The Morgan fingerprint density at radius 1 is 0.262 bits per heavy atom. The number of aromatic nitrogens is 2. The van der Waals surface area contributed by atoms with Crippen LogP contribution in [0.1, 0.15) is 25.0 Å². The first-order valence-electron chi connectivity index (χ1n) is 22.7. The summed E-state index contributed by atoms with van der Waals surface area (Å²) >= 11 is 0. The van der Waals surface area contributed by atoms with Gasteiger partial charge in [0, 0.05) is 38.3 Å². The molecule has 0 aliphatic heterocycles. The molecule has 1 aliphatic rings. The van der Waals surface area contributed by atoms with Crippen molar-refractivity contribution in [2.24, 2.45) is 0 Å². The molecule has 2 heteroatoms. The van der Waals surface area contributed by atoms with Crippen molar-refractivity contribution in [3.8, 4) is 67.0 Å². The summed E-state index contributed by atoms with van der Waals surface area (Å²) in [7, 11) is 0. The maximum absolute atomic E-state index is 2.48. The third-order valence-electron chi connectivity index (χ3n) is 14.1. The average Bonchev–Trinajstić information content (AvgIpc) is 3.96. The van der Waals surface area contributed by atoms with E-state index >= 15 is 0 Å². The van der Waals surface area contributed by atoms with Gasteiger partial charge in [-0.1, -0.05) is 178 Å². The quantitative estimate of drug-likeness (QED) is 0.158. The molecule has 2 heterocycles. The normalized spacial score (nSPS) is 12.9. The Bertz CT molecular complexity index is 3830. The van der Waals surface area contributed by atoms with Crippen LogP contribution < -0.4 is 0 Å². The van der Waals surface area contributed by atoms with E-state index < -0.39 is 0 Å². The molecule has 10 aromatic carbocycles. The zero-order valence-electron chi connectivity index (χ0n) is 36.3. The van der Waals surface area contributed by atoms with E-state index in [1.54, 1.807) is 0 Å². The molecule has 0 unspecified atom stereocenters. The molecule has 306 valence electrons. The highest BCUT2D eigenvalue weighted by Gasteiger charge is 2.35. The van der Waals surface area contributed by atoms with Gasteiger partial charge in [-0.05, 0) is 133 Å². The van der Waals surface area contributed by atoms with E-state index in [1.807, 2.05) is 0 Å². The van der Waals surface area contributed by atoms with E-state index in [1.165, 1.54) is 116 Å². The summed E-state index contributed by atoms with van der Waals surface area (Å²) < 4.78 is 4.89. The Balaban J connectivity index is 1.01. The third kappa shape index (κ3) is 5.88. The van der Waals surface area contributed by atoms with Crippen LogP contribution in [0.3, 0.4) is 0 Å². The molecule has 65 heavy (non-hydrogen) atoms. The van der Waals surface area contributed by atoms with Crippen LogP contribution in [0.2, 0.25) is 0 Å². The largest absolute Gasteiger partial charge is 0.309 e. The minimum absolute atomic E-state index is 0.0968. The number of hydrogen-bond donors (Lipinski definition) is 0. The first-order valence-corrected chi connectivity index (χ1v) is 22.7. The molecule has 0 N–H and O–H groups in total. The summed E-state index contributed by atoms with van der Waals surface area (Å²) in [5.74, 6) is 0. The van der Waals surface area contributed by atoms with E-state index in [2.05, 4.69) is 254 Å². The molecule has 0 spiro atoms. The zero-order chi connectivity index (χ0) is 43.2. The lowest BCUT2D eigenvalue weighted by Gasteiger charge is -2.22. The molecule has 0 fully saturated rings. The molecule has 2 nitrogen and oxygen atoms in total. The van der Waals surface area contributed by atoms with Gasteiger partial charge in [-0.25, -0.2) is 0 Å². The topological polar surface area (TPSA) is 9.86 Å². The fourth-order valence-corrected chi connectivity index (χ4v) is 10.9. The minimum atomic E-state index is -0.0968. The van der Waals surface area contributed by atoms with Crippen molar-refractivity contribution in [1.82, 2.24) is 9.13 Å². The lowest BCUT2D eigenvalue weighted by Crippen LogP contribution is -2.15. The lowest BCUT2D eigenvalue weighted by molar-refractivity contribution is 0.660. The van der Waals surface area contributed by atoms with E-state index in [-0.39, 0.29) is 5.41 Å². The number of benzene rings is 10. The van der Waals surface area contributed by atoms with Gasteiger partial charge in [0.25, 0.3) is 0 Å². The smallest absolute Gasteiger partial charge is 0.0547 e. The summed E-state index contributed by atoms with van der Waals surface area (Å²) in [6.45, 7) is 4.73. The van der Waals surface area contributed by atoms with Gasteiger partial charge in [-0.3, -0.25) is 0 Å². The molecule has 13 rings (SSSR count). The van der Waals surface area contributed by atoms with Gasteiger partial charge in [0.15, 0.2) is 0 Å². The van der Waals surface area contributed by atoms with Crippen molar-refractivity contribution in [2.75, 3.05) is 0 Å². The molecule has 0 radical (unpaired) electrons. The molecular formula is C63H44N2. The fourth-order valence-electron chi connectivity index (χ4n) is 10.9. The van der Waals surface area contributed by atoms with Crippen molar-refractivity contribution >= 4 is 43.6 Å².